The molecule has 0 fully saturated rings. The third-order valence-electron chi connectivity index (χ3n) is 4.27. The van der Waals surface area contributed by atoms with Crippen LogP contribution >= 0.6 is 0 Å². The van der Waals surface area contributed by atoms with E-state index in [2.05, 4.69) is 20.7 Å². The minimum Gasteiger partial charge on any atom is -0.320 e. The second-order valence-corrected chi connectivity index (χ2v) is 6.17. The zero-order chi connectivity index (χ0) is 20.4. The number of hydrogen-bond acceptors (Lipinski definition) is 6. The van der Waals surface area contributed by atoms with Crippen LogP contribution in [0.3, 0.4) is 0 Å². The van der Waals surface area contributed by atoms with Gasteiger partial charge >= 0.3 is 0 Å². The van der Waals surface area contributed by atoms with E-state index in [-0.39, 0.29) is 11.4 Å². The van der Waals surface area contributed by atoms with Gasteiger partial charge in [0.05, 0.1) is 22.0 Å². The number of anilines is 1. The lowest BCUT2D eigenvalue weighted by atomic mass is 10.2. The third kappa shape index (κ3) is 3.58. The molecule has 144 valence electrons. The van der Waals surface area contributed by atoms with Crippen molar-refractivity contribution in [2.24, 2.45) is 0 Å². The molecule has 4 aromatic rings. The van der Waals surface area contributed by atoms with Gasteiger partial charge in [-0.3, -0.25) is 14.9 Å². The Balaban J connectivity index is 1.59. The number of nitro groups is 1. The molecular weight excluding hydrogens is 374 g/mol. The predicted molar refractivity (Wildman–Crippen MR) is 104 cm³/mol. The average molecular weight is 389 g/mol. The molecule has 0 aliphatic rings. The number of benzene rings is 2. The van der Waals surface area contributed by atoms with Crippen molar-refractivity contribution in [2.45, 2.75) is 6.92 Å². The van der Waals surface area contributed by atoms with Gasteiger partial charge in [-0.1, -0.05) is 17.3 Å². The highest BCUT2D eigenvalue weighted by atomic mass is 16.6. The van der Waals surface area contributed by atoms with Crippen LogP contribution < -0.4 is 5.32 Å². The monoisotopic (exact) mass is 389 g/mol. The minimum atomic E-state index is -0.490. The molecule has 2 aromatic heterocycles. The van der Waals surface area contributed by atoms with E-state index in [1.54, 1.807) is 60.4 Å². The molecule has 0 saturated heterocycles. The number of nitrogens with zero attached hydrogens (tertiary/aromatic N) is 6. The maximum atomic E-state index is 12.7. The Labute approximate surface area is 164 Å². The number of non-ortho nitro benzene ring substituents is 1. The number of rotatable bonds is 5. The zero-order valence-corrected chi connectivity index (χ0v) is 15.3. The normalized spacial score (nSPS) is 10.7. The van der Waals surface area contributed by atoms with Crippen LogP contribution in [0.2, 0.25) is 0 Å². The van der Waals surface area contributed by atoms with Gasteiger partial charge in [-0.2, -0.15) is 5.10 Å². The van der Waals surface area contributed by atoms with Crippen LogP contribution in [-0.2, 0) is 0 Å². The van der Waals surface area contributed by atoms with E-state index < -0.39 is 10.8 Å². The number of nitrogens with one attached hydrogen (secondary N) is 1. The van der Waals surface area contributed by atoms with E-state index in [9.17, 15) is 14.9 Å². The standard InChI is InChI=1S/C19H15N7O3/c1-13-18(22-23-25(13)16-7-3-8-17(12-16)26(28)29)19(27)21-14-5-2-6-15(11-14)24-10-4-9-20-24/h2-12H,1H3,(H,21,27). The number of amides is 1. The lowest BCUT2D eigenvalue weighted by molar-refractivity contribution is -0.384. The lowest BCUT2D eigenvalue weighted by Crippen LogP contribution is -2.14. The Kier molecular flexibility index (Phi) is 4.57. The first-order chi connectivity index (χ1) is 14.0. The Morgan fingerprint density at radius 1 is 1.10 bits per heavy atom. The van der Waals surface area contributed by atoms with Crippen molar-refractivity contribution in [1.29, 1.82) is 0 Å². The van der Waals surface area contributed by atoms with Crippen LogP contribution in [0.5, 0.6) is 0 Å². The number of nitro benzene ring substituents is 1. The molecule has 0 radical (unpaired) electrons. The molecule has 10 heteroatoms. The summed E-state index contributed by atoms with van der Waals surface area (Å²) in [5, 5.41) is 25.9. The maximum Gasteiger partial charge on any atom is 0.278 e. The van der Waals surface area contributed by atoms with Crippen LogP contribution in [0.4, 0.5) is 11.4 Å². The summed E-state index contributed by atoms with van der Waals surface area (Å²) in [5.41, 5.74) is 2.34. The SMILES string of the molecule is Cc1c(C(=O)Nc2cccc(-n3cccn3)c2)nnn1-c1cccc([N+](=O)[O-])c1. The van der Waals surface area contributed by atoms with E-state index in [4.69, 9.17) is 0 Å². The second-order valence-electron chi connectivity index (χ2n) is 6.17. The van der Waals surface area contributed by atoms with E-state index in [0.717, 1.165) is 5.69 Å². The van der Waals surface area contributed by atoms with Crippen LogP contribution in [0.15, 0.2) is 67.0 Å². The molecule has 4 rings (SSSR count). The molecule has 10 nitrogen and oxygen atoms in total. The summed E-state index contributed by atoms with van der Waals surface area (Å²) in [4.78, 5) is 23.2. The highest BCUT2D eigenvalue weighted by Crippen LogP contribution is 2.19. The van der Waals surface area contributed by atoms with Crippen molar-refractivity contribution in [2.75, 3.05) is 5.32 Å². The van der Waals surface area contributed by atoms with Gasteiger partial charge in [-0.25, -0.2) is 9.36 Å². The molecule has 0 atom stereocenters. The molecule has 0 saturated carbocycles. The number of aromatic nitrogens is 5. The Bertz CT molecular complexity index is 1200. The van der Waals surface area contributed by atoms with E-state index in [1.807, 2.05) is 6.07 Å². The smallest absolute Gasteiger partial charge is 0.278 e. The molecule has 0 unspecified atom stereocenters. The number of hydrogen-bond donors (Lipinski definition) is 1. The predicted octanol–water partition coefficient (Wildman–Crippen LogP) is 2.92. The highest BCUT2D eigenvalue weighted by Gasteiger charge is 2.19. The first-order valence-corrected chi connectivity index (χ1v) is 8.61. The topological polar surface area (TPSA) is 121 Å². The third-order valence-corrected chi connectivity index (χ3v) is 4.27. The summed E-state index contributed by atoms with van der Waals surface area (Å²) in [6.45, 7) is 1.67. The van der Waals surface area contributed by atoms with Crippen molar-refractivity contribution >= 4 is 17.3 Å². The number of carbonyl (C=O) groups excluding carboxylic acids is 1. The second kappa shape index (κ2) is 7.35. The molecule has 1 amide bonds. The van der Waals surface area contributed by atoms with Crippen LogP contribution in [0.25, 0.3) is 11.4 Å². The molecule has 0 aliphatic heterocycles. The zero-order valence-electron chi connectivity index (χ0n) is 15.3. The van der Waals surface area contributed by atoms with E-state index in [1.165, 1.54) is 16.8 Å². The maximum absolute atomic E-state index is 12.7. The van der Waals surface area contributed by atoms with Gasteiger partial charge in [0.1, 0.15) is 0 Å². The summed E-state index contributed by atoms with van der Waals surface area (Å²) in [6, 6.07) is 15.0. The molecule has 0 aliphatic carbocycles. The summed E-state index contributed by atoms with van der Waals surface area (Å²) in [5.74, 6) is -0.434. The fourth-order valence-electron chi connectivity index (χ4n) is 2.86. The van der Waals surface area contributed by atoms with Gasteiger partial charge in [0.2, 0.25) is 0 Å². The summed E-state index contributed by atoms with van der Waals surface area (Å²) in [7, 11) is 0. The Hall–Kier alpha value is -4.34. The highest BCUT2D eigenvalue weighted by molar-refractivity contribution is 6.03. The Morgan fingerprint density at radius 3 is 2.66 bits per heavy atom. The lowest BCUT2D eigenvalue weighted by Gasteiger charge is -2.07. The fraction of sp³-hybridized carbons (Fsp3) is 0.0526. The van der Waals surface area contributed by atoms with Gasteiger partial charge < -0.3 is 5.32 Å². The van der Waals surface area contributed by atoms with Gasteiger partial charge in [0.25, 0.3) is 11.6 Å². The average Bonchev–Trinajstić information content (AvgIpc) is 3.38. The molecule has 0 bridgehead atoms. The van der Waals surface area contributed by atoms with E-state index in [0.29, 0.717) is 17.1 Å². The van der Waals surface area contributed by atoms with Gasteiger partial charge in [-0.05, 0) is 37.3 Å². The van der Waals surface area contributed by atoms with Crippen molar-refractivity contribution in [3.63, 3.8) is 0 Å². The molecule has 2 aromatic carbocycles. The summed E-state index contributed by atoms with van der Waals surface area (Å²) < 4.78 is 3.07. The van der Waals surface area contributed by atoms with Crippen molar-refractivity contribution in [1.82, 2.24) is 24.8 Å². The molecule has 2 heterocycles. The molecular formula is C19H15N7O3. The van der Waals surface area contributed by atoms with Crippen molar-refractivity contribution in [3.05, 3.63) is 88.5 Å². The van der Waals surface area contributed by atoms with Crippen molar-refractivity contribution < 1.29 is 9.72 Å². The van der Waals surface area contributed by atoms with Crippen molar-refractivity contribution in [3.8, 4) is 11.4 Å². The Morgan fingerprint density at radius 2 is 1.90 bits per heavy atom. The van der Waals surface area contributed by atoms with E-state index >= 15 is 0 Å². The number of carbonyl (C=O) groups is 1. The largest absolute Gasteiger partial charge is 0.320 e. The van der Waals surface area contributed by atoms with Gasteiger partial charge in [0.15, 0.2) is 5.69 Å². The van der Waals surface area contributed by atoms with Gasteiger partial charge in [-0.15, -0.1) is 5.10 Å². The molecule has 29 heavy (non-hydrogen) atoms. The van der Waals surface area contributed by atoms with Crippen LogP contribution in [0.1, 0.15) is 16.2 Å². The minimum absolute atomic E-state index is 0.0705. The van der Waals surface area contributed by atoms with Crippen LogP contribution in [-0.4, -0.2) is 35.6 Å². The van der Waals surface area contributed by atoms with Gasteiger partial charge in [0, 0.05) is 30.2 Å². The fourth-order valence-corrected chi connectivity index (χ4v) is 2.86. The summed E-state index contributed by atoms with van der Waals surface area (Å²) >= 11 is 0. The quantitative estimate of drug-likeness (QED) is 0.414. The molecule has 1 N–H and O–H groups in total. The first-order valence-electron chi connectivity index (χ1n) is 8.61. The van der Waals surface area contributed by atoms with Crippen LogP contribution in [0, 0.1) is 17.0 Å². The first kappa shape index (κ1) is 18.0. The summed E-state index contributed by atoms with van der Waals surface area (Å²) in [6.07, 6.45) is 3.47. The molecule has 0 spiro atoms.